The zero-order valence-corrected chi connectivity index (χ0v) is 20.8. The predicted molar refractivity (Wildman–Crippen MR) is 121 cm³/mol. The van der Waals surface area contributed by atoms with Gasteiger partial charge in [-0.1, -0.05) is 32.9 Å². The smallest absolute Gasteiger partial charge is 0.308 e. The molecular formula is C27H35NO6. The third kappa shape index (κ3) is 2.33. The minimum absolute atomic E-state index is 0.0626. The quantitative estimate of drug-likeness (QED) is 0.464. The van der Waals surface area contributed by atoms with Gasteiger partial charge in [0.1, 0.15) is 23.8 Å². The summed E-state index contributed by atoms with van der Waals surface area (Å²) in [5, 5.41) is 0. The number of hydrogen-bond acceptors (Lipinski definition) is 7. The minimum Gasteiger partial charge on any atom is -0.459 e. The van der Waals surface area contributed by atoms with Gasteiger partial charge in [-0.15, -0.1) is 0 Å². The maximum atomic E-state index is 14.1. The average molecular weight is 470 g/mol. The number of carbonyl (C=O) groups excluding carboxylic acids is 4. The molecule has 0 aromatic rings. The standard InChI is InChI=1S/C27H35NO6/c1-12(2)24(32)34-23-17(33-14(4)29)10-27-18-7-15-13(3)8-26(18)9-16(30)21(27)25(23,5)11-28(6)22(27)19(26)20(15)31/h12,15,17-19,21-23H,3,7-11H2,1-2,4-6H3/t15-,17-,18+,19+,21+,22+,23+,25-,26+,27+/m0/s1. The van der Waals surface area contributed by atoms with Crippen molar-refractivity contribution in [2.75, 3.05) is 13.6 Å². The second kappa shape index (κ2) is 6.59. The van der Waals surface area contributed by atoms with Gasteiger partial charge >= 0.3 is 11.9 Å². The highest BCUT2D eigenvalue weighted by atomic mass is 16.6. The Balaban J connectivity index is 1.55. The Morgan fingerprint density at radius 1 is 1.18 bits per heavy atom. The molecule has 7 rings (SSSR count). The lowest BCUT2D eigenvalue weighted by Gasteiger charge is -2.68. The van der Waals surface area contributed by atoms with Crippen LogP contribution in [0.4, 0.5) is 0 Å². The summed E-state index contributed by atoms with van der Waals surface area (Å²) >= 11 is 0. The summed E-state index contributed by atoms with van der Waals surface area (Å²) in [6.07, 6.45) is 1.00. The van der Waals surface area contributed by atoms with Crippen molar-refractivity contribution in [1.29, 1.82) is 0 Å². The highest BCUT2D eigenvalue weighted by molar-refractivity contribution is 5.96. The number of Topliss-reactive ketones (excluding diaryl/α,β-unsaturated/α-hetero) is 2. The third-order valence-electron chi connectivity index (χ3n) is 10.7. The first-order valence-electron chi connectivity index (χ1n) is 12.7. The average Bonchev–Trinajstić information content (AvgIpc) is 2.81. The van der Waals surface area contributed by atoms with Crippen molar-refractivity contribution in [3.8, 4) is 0 Å². The Bertz CT molecular complexity index is 1050. The normalized spacial score (nSPS) is 50.5. The summed E-state index contributed by atoms with van der Waals surface area (Å²) in [6.45, 7) is 11.7. The molecule has 0 aromatic heterocycles. The molecule has 6 bridgehead atoms. The van der Waals surface area contributed by atoms with Crippen molar-refractivity contribution in [3.63, 3.8) is 0 Å². The largest absolute Gasteiger partial charge is 0.459 e. The fourth-order valence-electron chi connectivity index (χ4n) is 10.3. The molecule has 1 aliphatic heterocycles. The second-order valence-electron chi connectivity index (χ2n) is 12.7. The first-order valence-corrected chi connectivity index (χ1v) is 12.7. The van der Waals surface area contributed by atoms with Crippen LogP contribution in [-0.4, -0.2) is 60.2 Å². The first-order chi connectivity index (χ1) is 15.9. The molecule has 10 atom stereocenters. The zero-order chi connectivity index (χ0) is 24.5. The summed E-state index contributed by atoms with van der Waals surface area (Å²) in [5.41, 5.74) is -0.555. The summed E-state index contributed by atoms with van der Waals surface area (Å²) in [5.74, 6) is -1.08. The molecule has 0 radical (unpaired) electrons. The van der Waals surface area contributed by atoms with Crippen LogP contribution in [0.25, 0.3) is 0 Å². The van der Waals surface area contributed by atoms with E-state index in [-0.39, 0.29) is 58.6 Å². The van der Waals surface area contributed by atoms with E-state index in [4.69, 9.17) is 9.47 Å². The van der Waals surface area contributed by atoms with Crippen LogP contribution >= 0.6 is 0 Å². The SMILES string of the molecule is C=C1C[C@]23CC(=O)[C@@H]4[C@]5(C)CN(C)[C@@H]6[C@H]2C(=O)[C@H]1C[C@H]3[C@]46C[C@H](OC(C)=O)[C@H]5OC(=O)C(C)C. The molecule has 1 heterocycles. The Labute approximate surface area is 200 Å². The fourth-order valence-corrected chi connectivity index (χ4v) is 10.3. The summed E-state index contributed by atoms with van der Waals surface area (Å²) < 4.78 is 12.0. The molecule has 0 amide bonds. The van der Waals surface area contributed by atoms with Gasteiger partial charge in [-0.05, 0) is 37.6 Å². The van der Waals surface area contributed by atoms with E-state index in [1.807, 2.05) is 6.92 Å². The summed E-state index contributed by atoms with van der Waals surface area (Å²) in [7, 11) is 2.06. The molecule has 2 spiro atoms. The van der Waals surface area contributed by atoms with Crippen LogP contribution in [0, 0.1) is 45.8 Å². The highest BCUT2D eigenvalue weighted by Gasteiger charge is 2.85. The second-order valence-corrected chi connectivity index (χ2v) is 12.7. The maximum absolute atomic E-state index is 14.1. The van der Waals surface area contributed by atoms with Crippen molar-refractivity contribution in [2.24, 2.45) is 45.8 Å². The number of esters is 2. The number of piperidine rings is 1. The van der Waals surface area contributed by atoms with Gasteiger partial charge in [0.2, 0.25) is 0 Å². The van der Waals surface area contributed by atoms with Crippen molar-refractivity contribution >= 4 is 23.5 Å². The van der Waals surface area contributed by atoms with Crippen LogP contribution in [0.3, 0.4) is 0 Å². The number of allylic oxidation sites excluding steroid dienone is 1. The van der Waals surface area contributed by atoms with Crippen LogP contribution < -0.4 is 0 Å². The fraction of sp³-hybridized carbons (Fsp3) is 0.778. The lowest BCUT2D eigenvalue weighted by Crippen LogP contribution is -2.75. The van der Waals surface area contributed by atoms with Gasteiger partial charge in [-0.2, -0.15) is 0 Å². The molecule has 0 aromatic carbocycles. The molecule has 34 heavy (non-hydrogen) atoms. The summed E-state index contributed by atoms with van der Waals surface area (Å²) in [4.78, 5) is 55.2. The minimum atomic E-state index is -0.705. The van der Waals surface area contributed by atoms with Crippen LogP contribution in [-0.2, 0) is 28.7 Å². The van der Waals surface area contributed by atoms with Gasteiger partial charge in [-0.25, -0.2) is 0 Å². The molecule has 6 saturated carbocycles. The van der Waals surface area contributed by atoms with E-state index in [0.717, 1.165) is 18.4 Å². The topological polar surface area (TPSA) is 90.0 Å². The van der Waals surface area contributed by atoms with E-state index in [9.17, 15) is 19.2 Å². The van der Waals surface area contributed by atoms with Gasteiger partial charge in [0.05, 0.1) is 5.92 Å². The Kier molecular flexibility index (Phi) is 4.35. The van der Waals surface area contributed by atoms with Gasteiger partial charge < -0.3 is 14.4 Å². The molecule has 184 valence electrons. The van der Waals surface area contributed by atoms with Crippen molar-refractivity contribution in [1.82, 2.24) is 4.90 Å². The molecular weight excluding hydrogens is 434 g/mol. The number of carbonyl (C=O) groups is 4. The maximum Gasteiger partial charge on any atom is 0.308 e. The molecule has 0 N–H and O–H groups in total. The van der Waals surface area contributed by atoms with E-state index in [2.05, 4.69) is 18.5 Å². The zero-order valence-electron chi connectivity index (χ0n) is 20.8. The number of rotatable bonds is 3. The van der Waals surface area contributed by atoms with Crippen LogP contribution in [0.5, 0.6) is 0 Å². The van der Waals surface area contributed by atoms with Crippen LogP contribution in [0.2, 0.25) is 0 Å². The number of likely N-dealkylation sites (tertiary alicyclic amines) is 1. The number of nitrogens with zero attached hydrogens (tertiary/aromatic N) is 1. The van der Waals surface area contributed by atoms with E-state index < -0.39 is 29.0 Å². The molecule has 7 nitrogen and oxygen atoms in total. The molecule has 7 aliphatic rings. The highest BCUT2D eigenvalue weighted by Crippen LogP contribution is 2.81. The lowest BCUT2D eigenvalue weighted by molar-refractivity contribution is -0.253. The first kappa shape index (κ1) is 22.4. The lowest BCUT2D eigenvalue weighted by atomic mass is 9.39. The van der Waals surface area contributed by atoms with Crippen LogP contribution in [0.1, 0.15) is 53.4 Å². The molecule has 7 heteroatoms. The number of ketones is 2. The van der Waals surface area contributed by atoms with Gasteiger partial charge in [0.15, 0.2) is 0 Å². The molecule has 0 unspecified atom stereocenters. The molecule has 6 aliphatic carbocycles. The van der Waals surface area contributed by atoms with Gasteiger partial charge in [-0.3, -0.25) is 19.2 Å². The van der Waals surface area contributed by atoms with Gasteiger partial charge in [0, 0.05) is 54.5 Å². The van der Waals surface area contributed by atoms with E-state index in [0.29, 0.717) is 19.4 Å². The van der Waals surface area contributed by atoms with E-state index >= 15 is 0 Å². The van der Waals surface area contributed by atoms with E-state index in [1.165, 1.54) is 6.92 Å². The number of hydrogen-bond donors (Lipinski definition) is 0. The predicted octanol–water partition coefficient (Wildman–Crippen LogP) is 2.57. The number of ether oxygens (including phenoxy) is 2. The van der Waals surface area contributed by atoms with E-state index in [1.54, 1.807) is 13.8 Å². The monoisotopic (exact) mass is 469 g/mol. The van der Waals surface area contributed by atoms with Crippen molar-refractivity contribution < 1.29 is 28.7 Å². The van der Waals surface area contributed by atoms with Gasteiger partial charge in [0.25, 0.3) is 0 Å². The Morgan fingerprint density at radius 3 is 2.53 bits per heavy atom. The Morgan fingerprint density at radius 2 is 1.88 bits per heavy atom. The molecule has 1 saturated heterocycles. The number of fused-ring (bicyclic) bond motifs is 1. The summed E-state index contributed by atoms with van der Waals surface area (Å²) in [6, 6.07) is -0.0626. The molecule has 7 fully saturated rings. The van der Waals surface area contributed by atoms with Crippen LogP contribution in [0.15, 0.2) is 12.2 Å². The third-order valence-corrected chi connectivity index (χ3v) is 10.7. The Hall–Kier alpha value is -2.02. The van der Waals surface area contributed by atoms with Crippen molar-refractivity contribution in [3.05, 3.63) is 12.2 Å². The van der Waals surface area contributed by atoms with Crippen molar-refractivity contribution in [2.45, 2.75) is 71.6 Å².